The number of anilines is 1. The van der Waals surface area contributed by atoms with Crippen LogP contribution >= 0.6 is 0 Å². The Labute approximate surface area is 154 Å². The molecule has 1 heterocycles. The maximum absolute atomic E-state index is 13.0. The van der Waals surface area contributed by atoms with Crippen molar-refractivity contribution in [2.24, 2.45) is 5.92 Å². The molecule has 7 nitrogen and oxygen atoms in total. The molecule has 3 rings (SSSR count). The topological polar surface area (TPSA) is 92.6 Å². The molecule has 2 aromatic carbocycles. The molecule has 27 heavy (non-hydrogen) atoms. The highest BCUT2D eigenvalue weighted by molar-refractivity contribution is 5.97. The van der Waals surface area contributed by atoms with Crippen molar-refractivity contribution in [3.63, 3.8) is 0 Å². The number of nitro groups is 1. The summed E-state index contributed by atoms with van der Waals surface area (Å²) < 4.78 is 13.0. The Hall–Kier alpha value is -3.29. The van der Waals surface area contributed by atoms with Crippen LogP contribution in [0.3, 0.4) is 0 Å². The minimum atomic E-state index is -0.525. The fraction of sp³-hybridized carbons (Fsp3) is 0.263. The zero-order chi connectivity index (χ0) is 19.6. The summed E-state index contributed by atoms with van der Waals surface area (Å²) in [5.41, 5.74) is 1.05. The maximum Gasteiger partial charge on any atom is 0.273 e. The molecule has 1 aliphatic rings. The van der Waals surface area contributed by atoms with E-state index < -0.39 is 10.8 Å². The molecule has 1 N–H and O–H groups in total. The molecule has 2 amide bonds. The third kappa shape index (κ3) is 3.94. The van der Waals surface area contributed by atoms with Gasteiger partial charge in [0.15, 0.2) is 0 Å². The molecule has 1 atom stereocenters. The Balaban J connectivity index is 1.63. The fourth-order valence-electron chi connectivity index (χ4n) is 3.19. The van der Waals surface area contributed by atoms with Crippen LogP contribution in [0.15, 0.2) is 42.5 Å². The van der Waals surface area contributed by atoms with Crippen LogP contribution in [0, 0.1) is 28.8 Å². The van der Waals surface area contributed by atoms with Gasteiger partial charge in [0.05, 0.1) is 4.92 Å². The number of rotatable bonds is 5. The number of hydrogen-bond donors (Lipinski definition) is 1. The zero-order valence-electron chi connectivity index (χ0n) is 14.6. The van der Waals surface area contributed by atoms with Gasteiger partial charge in [0, 0.05) is 48.3 Å². The molecular weight excluding hydrogens is 353 g/mol. The quantitative estimate of drug-likeness (QED) is 0.646. The van der Waals surface area contributed by atoms with Crippen molar-refractivity contribution in [1.82, 2.24) is 5.32 Å². The largest absolute Gasteiger partial charge is 0.352 e. The molecule has 0 saturated carbocycles. The summed E-state index contributed by atoms with van der Waals surface area (Å²) in [6, 6.07) is 10.0. The highest BCUT2D eigenvalue weighted by Gasteiger charge is 2.31. The molecule has 140 valence electrons. The molecule has 1 fully saturated rings. The van der Waals surface area contributed by atoms with Gasteiger partial charge in [-0.15, -0.1) is 0 Å². The van der Waals surface area contributed by atoms with Crippen LogP contribution in [-0.2, 0) is 4.79 Å². The minimum absolute atomic E-state index is 0.0904. The van der Waals surface area contributed by atoms with Crippen molar-refractivity contribution in [1.29, 1.82) is 0 Å². The molecule has 0 spiro atoms. The first-order valence-electron chi connectivity index (χ1n) is 8.45. The second kappa shape index (κ2) is 7.53. The van der Waals surface area contributed by atoms with E-state index in [9.17, 15) is 24.1 Å². The van der Waals surface area contributed by atoms with Gasteiger partial charge in [-0.25, -0.2) is 4.39 Å². The summed E-state index contributed by atoms with van der Waals surface area (Å²) in [6.07, 6.45) is 0.269. The molecule has 0 aliphatic carbocycles. The van der Waals surface area contributed by atoms with Crippen LogP contribution in [0.2, 0.25) is 0 Å². The molecule has 0 radical (unpaired) electrons. The third-order valence-corrected chi connectivity index (χ3v) is 4.64. The van der Waals surface area contributed by atoms with Crippen molar-refractivity contribution in [2.75, 3.05) is 18.0 Å². The highest BCUT2D eigenvalue weighted by atomic mass is 19.1. The lowest BCUT2D eigenvalue weighted by Gasteiger charge is -2.17. The lowest BCUT2D eigenvalue weighted by Crippen LogP contribution is -2.31. The molecule has 2 aromatic rings. The van der Waals surface area contributed by atoms with E-state index in [1.165, 1.54) is 37.3 Å². The average molecular weight is 371 g/mol. The van der Waals surface area contributed by atoms with Crippen LogP contribution in [0.4, 0.5) is 15.8 Å². The summed E-state index contributed by atoms with van der Waals surface area (Å²) in [5, 5.41) is 13.7. The van der Waals surface area contributed by atoms with E-state index in [1.807, 2.05) is 0 Å². The van der Waals surface area contributed by atoms with Gasteiger partial charge in [0.2, 0.25) is 5.91 Å². The van der Waals surface area contributed by atoms with Gasteiger partial charge in [0.1, 0.15) is 5.82 Å². The summed E-state index contributed by atoms with van der Waals surface area (Å²) in [5.74, 6) is -0.969. The average Bonchev–Trinajstić information content (AvgIpc) is 3.01. The van der Waals surface area contributed by atoms with E-state index in [1.54, 1.807) is 17.0 Å². The maximum atomic E-state index is 13.0. The van der Waals surface area contributed by atoms with Crippen molar-refractivity contribution < 1.29 is 18.9 Å². The Morgan fingerprint density at radius 3 is 2.67 bits per heavy atom. The van der Waals surface area contributed by atoms with E-state index in [4.69, 9.17) is 0 Å². The number of carbonyl (C=O) groups excluding carboxylic acids is 2. The summed E-state index contributed by atoms with van der Waals surface area (Å²) in [7, 11) is 0. The predicted octanol–water partition coefficient (Wildman–Crippen LogP) is 2.83. The third-order valence-electron chi connectivity index (χ3n) is 4.64. The van der Waals surface area contributed by atoms with Gasteiger partial charge in [-0.2, -0.15) is 0 Å². The monoisotopic (exact) mass is 371 g/mol. The lowest BCUT2D eigenvalue weighted by atomic mass is 10.1. The fourth-order valence-corrected chi connectivity index (χ4v) is 3.19. The molecule has 1 aliphatic heterocycles. The Bertz CT molecular complexity index is 898. The van der Waals surface area contributed by atoms with Gasteiger partial charge in [-0.05, 0) is 37.3 Å². The molecule has 0 aromatic heterocycles. The second-order valence-corrected chi connectivity index (χ2v) is 6.47. The van der Waals surface area contributed by atoms with Crippen molar-refractivity contribution in [3.05, 3.63) is 69.5 Å². The van der Waals surface area contributed by atoms with Crippen LogP contribution in [-0.4, -0.2) is 29.8 Å². The summed E-state index contributed by atoms with van der Waals surface area (Å²) in [4.78, 5) is 36.6. The first kappa shape index (κ1) is 18.5. The van der Waals surface area contributed by atoms with Gasteiger partial charge in [-0.3, -0.25) is 19.7 Å². The number of nitro benzene ring substituents is 1. The molecule has 8 heteroatoms. The summed E-state index contributed by atoms with van der Waals surface area (Å²) in [6.45, 7) is 2.21. The molecular formula is C19H18FN3O4. The van der Waals surface area contributed by atoms with Crippen molar-refractivity contribution >= 4 is 23.2 Å². The van der Waals surface area contributed by atoms with Gasteiger partial charge < -0.3 is 10.2 Å². The van der Waals surface area contributed by atoms with E-state index in [0.717, 1.165) is 0 Å². The lowest BCUT2D eigenvalue weighted by molar-refractivity contribution is -0.385. The van der Waals surface area contributed by atoms with Gasteiger partial charge in [-0.1, -0.05) is 6.07 Å². The summed E-state index contributed by atoms with van der Waals surface area (Å²) >= 11 is 0. The Kier molecular flexibility index (Phi) is 5.16. The van der Waals surface area contributed by atoms with E-state index in [-0.39, 0.29) is 41.9 Å². The van der Waals surface area contributed by atoms with E-state index in [2.05, 4.69) is 5.32 Å². The Morgan fingerprint density at radius 2 is 2.00 bits per heavy atom. The SMILES string of the molecule is Cc1c(C(=O)NCC2CC(=O)N(c3ccc(F)cc3)C2)cccc1[N+](=O)[O-]. The van der Waals surface area contributed by atoms with E-state index in [0.29, 0.717) is 17.8 Å². The number of nitrogens with one attached hydrogen (secondary N) is 1. The standard InChI is InChI=1S/C19H18FN3O4/c1-12-16(3-2-4-17(12)23(26)27)19(25)21-10-13-9-18(24)22(11-13)15-7-5-14(20)6-8-15/h2-8,13H,9-11H2,1H3,(H,21,25). The van der Waals surface area contributed by atoms with Crippen LogP contribution in [0.5, 0.6) is 0 Å². The normalized spacial score (nSPS) is 16.4. The van der Waals surface area contributed by atoms with Gasteiger partial charge >= 0.3 is 0 Å². The highest BCUT2D eigenvalue weighted by Crippen LogP contribution is 2.25. The van der Waals surface area contributed by atoms with E-state index >= 15 is 0 Å². The van der Waals surface area contributed by atoms with Gasteiger partial charge in [0.25, 0.3) is 11.6 Å². The second-order valence-electron chi connectivity index (χ2n) is 6.47. The van der Waals surface area contributed by atoms with Crippen molar-refractivity contribution in [2.45, 2.75) is 13.3 Å². The zero-order valence-corrected chi connectivity index (χ0v) is 14.6. The number of amides is 2. The predicted molar refractivity (Wildman–Crippen MR) is 97.0 cm³/mol. The molecule has 0 bridgehead atoms. The number of hydrogen-bond acceptors (Lipinski definition) is 4. The first-order valence-corrected chi connectivity index (χ1v) is 8.45. The number of nitrogens with zero attached hydrogens (tertiary/aromatic N) is 2. The first-order chi connectivity index (χ1) is 12.9. The minimum Gasteiger partial charge on any atom is -0.352 e. The number of halogens is 1. The van der Waals surface area contributed by atoms with Crippen LogP contribution in [0.1, 0.15) is 22.3 Å². The molecule has 1 unspecified atom stereocenters. The number of carbonyl (C=O) groups is 2. The number of benzene rings is 2. The van der Waals surface area contributed by atoms with Crippen LogP contribution < -0.4 is 10.2 Å². The smallest absolute Gasteiger partial charge is 0.273 e. The molecule has 1 saturated heterocycles. The van der Waals surface area contributed by atoms with Crippen molar-refractivity contribution in [3.8, 4) is 0 Å². The Morgan fingerprint density at radius 1 is 1.30 bits per heavy atom. The van der Waals surface area contributed by atoms with Crippen LogP contribution in [0.25, 0.3) is 0 Å².